The van der Waals surface area contributed by atoms with Crippen LogP contribution in [0.1, 0.15) is 38.6 Å². The lowest BCUT2D eigenvalue weighted by Crippen LogP contribution is -2.29. The molecule has 5 heteroatoms. The summed E-state index contributed by atoms with van der Waals surface area (Å²) < 4.78 is 26.4. The molecule has 110 valence electrons. The van der Waals surface area contributed by atoms with Gasteiger partial charge in [0, 0.05) is 6.42 Å². The van der Waals surface area contributed by atoms with Gasteiger partial charge >= 0.3 is 0 Å². The highest BCUT2D eigenvalue weighted by Gasteiger charge is 2.57. The maximum absolute atomic E-state index is 13.2. The first-order valence-electron chi connectivity index (χ1n) is 6.94. The standard InChI is InChI=1S/C17H11F2NO2/c18-17(19)9-14(17)10-4-3-5-11(8-10)20-15(21)12-6-1-2-7-13(12)16(20)22/h1-8,14H,9H2. The minimum absolute atomic E-state index is 0.182. The zero-order valence-electron chi connectivity index (χ0n) is 11.4. The Morgan fingerprint density at radius 3 is 2.09 bits per heavy atom. The van der Waals surface area contributed by atoms with Gasteiger partial charge in [-0.15, -0.1) is 0 Å². The number of carbonyl (C=O) groups excluding carboxylic acids is 2. The van der Waals surface area contributed by atoms with E-state index in [9.17, 15) is 18.4 Å². The molecule has 1 heterocycles. The van der Waals surface area contributed by atoms with Crippen LogP contribution in [0, 0.1) is 0 Å². The molecule has 2 aromatic rings. The molecule has 2 aliphatic rings. The fraction of sp³-hybridized carbons (Fsp3) is 0.176. The molecule has 22 heavy (non-hydrogen) atoms. The van der Waals surface area contributed by atoms with Gasteiger partial charge in [0.2, 0.25) is 0 Å². The van der Waals surface area contributed by atoms with Gasteiger partial charge in [0.25, 0.3) is 17.7 Å². The van der Waals surface area contributed by atoms with Crippen LogP contribution in [-0.2, 0) is 0 Å². The molecule has 1 saturated carbocycles. The molecule has 1 fully saturated rings. The predicted molar refractivity (Wildman–Crippen MR) is 76.3 cm³/mol. The number of alkyl halides is 2. The summed E-state index contributed by atoms with van der Waals surface area (Å²) >= 11 is 0. The van der Waals surface area contributed by atoms with Crippen LogP contribution < -0.4 is 4.90 Å². The first kappa shape index (κ1) is 13.1. The Kier molecular flexibility index (Phi) is 2.52. The van der Waals surface area contributed by atoms with Crippen LogP contribution in [0.2, 0.25) is 0 Å². The van der Waals surface area contributed by atoms with E-state index in [0.29, 0.717) is 22.4 Å². The van der Waals surface area contributed by atoms with Crippen LogP contribution in [0.4, 0.5) is 14.5 Å². The number of halogens is 2. The molecule has 0 radical (unpaired) electrons. The number of amides is 2. The van der Waals surface area contributed by atoms with Gasteiger partial charge in [0.1, 0.15) is 0 Å². The molecule has 1 unspecified atom stereocenters. The summed E-state index contributed by atoms with van der Waals surface area (Å²) in [6.45, 7) is 0. The molecule has 2 aromatic carbocycles. The van der Waals surface area contributed by atoms with E-state index in [0.717, 1.165) is 4.90 Å². The summed E-state index contributed by atoms with van der Waals surface area (Å²) in [6.07, 6.45) is -0.182. The van der Waals surface area contributed by atoms with Crippen molar-refractivity contribution in [2.24, 2.45) is 0 Å². The van der Waals surface area contributed by atoms with Crippen molar-refractivity contribution in [3.8, 4) is 0 Å². The third-order valence-corrected chi connectivity index (χ3v) is 4.15. The summed E-state index contributed by atoms with van der Waals surface area (Å²) in [6, 6.07) is 12.9. The second kappa shape index (κ2) is 4.22. The maximum atomic E-state index is 13.2. The van der Waals surface area contributed by atoms with Gasteiger partial charge in [0.15, 0.2) is 0 Å². The summed E-state index contributed by atoms with van der Waals surface area (Å²) in [7, 11) is 0. The zero-order chi connectivity index (χ0) is 15.5. The minimum atomic E-state index is -2.68. The Balaban J connectivity index is 1.74. The highest BCUT2D eigenvalue weighted by atomic mass is 19.3. The molecule has 4 rings (SSSR count). The Morgan fingerprint density at radius 2 is 1.55 bits per heavy atom. The molecule has 1 atom stereocenters. The minimum Gasteiger partial charge on any atom is -0.268 e. The third-order valence-electron chi connectivity index (χ3n) is 4.15. The largest absolute Gasteiger partial charge is 0.268 e. The lowest BCUT2D eigenvalue weighted by molar-refractivity contribution is 0.0926. The summed E-state index contributed by atoms with van der Waals surface area (Å²) in [5.74, 6) is -4.33. The van der Waals surface area contributed by atoms with E-state index in [4.69, 9.17) is 0 Å². The van der Waals surface area contributed by atoms with E-state index in [2.05, 4.69) is 0 Å². The van der Waals surface area contributed by atoms with Crippen molar-refractivity contribution in [2.45, 2.75) is 18.3 Å². The van der Waals surface area contributed by atoms with E-state index in [1.54, 1.807) is 42.5 Å². The monoisotopic (exact) mass is 299 g/mol. The maximum Gasteiger partial charge on any atom is 0.266 e. The van der Waals surface area contributed by atoms with Gasteiger partial charge < -0.3 is 0 Å². The first-order valence-corrected chi connectivity index (χ1v) is 6.94. The quantitative estimate of drug-likeness (QED) is 0.794. The molecule has 0 aromatic heterocycles. The number of imide groups is 1. The average Bonchev–Trinajstić information content (AvgIpc) is 3.08. The topological polar surface area (TPSA) is 37.4 Å². The summed E-state index contributed by atoms with van der Waals surface area (Å²) in [5.41, 5.74) is 1.48. The van der Waals surface area contributed by atoms with Crippen LogP contribution >= 0.6 is 0 Å². The molecule has 0 bridgehead atoms. The molecular formula is C17H11F2NO2. The lowest BCUT2D eigenvalue weighted by atomic mass is 10.1. The molecule has 0 spiro atoms. The van der Waals surface area contributed by atoms with Crippen LogP contribution in [0.3, 0.4) is 0 Å². The van der Waals surface area contributed by atoms with Gasteiger partial charge in [0.05, 0.1) is 22.7 Å². The van der Waals surface area contributed by atoms with Gasteiger partial charge in [-0.3, -0.25) is 9.59 Å². The Labute approximate surface area is 125 Å². The zero-order valence-corrected chi connectivity index (χ0v) is 11.4. The first-order chi connectivity index (χ1) is 10.5. The van der Waals surface area contributed by atoms with E-state index in [-0.39, 0.29) is 6.42 Å². The molecule has 0 saturated heterocycles. The van der Waals surface area contributed by atoms with Crippen LogP contribution in [0.25, 0.3) is 0 Å². The Bertz CT molecular complexity index is 781. The Hall–Kier alpha value is -2.56. The number of hydrogen-bond acceptors (Lipinski definition) is 2. The van der Waals surface area contributed by atoms with Crippen LogP contribution in [-0.4, -0.2) is 17.7 Å². The number of fused-ring (bicyclic) bond motifs is 1. The van der Waals surface area contributed by atoms with Gasteiger partial charge in [-0.1, -0.05) is 24.3 Å². The summed E-state index contributed by atoms with van der Waals surface area (Å²) in [5, 5.41) is 0. The molecule has 0 N–H and O–H groups in total. The normalized spacial score (nSPS) is 21.9. The van der Waals surface area contributed by atoms with Crippen molar-refractivity contribution < 1.29 is 18.4 Å². The summed E-state index contributed by atoms with van der Waals surface area (Å²) in [4.78, 5) is 25.8. The van der Waals surface area contributed by atoms with Crippen molar-refractivity contribution in [1.82, 2.24) is 0 Å². The second-order valence-corrected chi connectivity index (χ2v) is 5.60. The van der Waals surface area contributed by atoms with E-state index in [1.165, 1.54) is 6.07 Å². The molecule has 3 nitrogen and oxygen atoms in total. The molecule has 1 aliphatic carbocycles. The third kappa shape index (κ3) is 1.78. The highest BCUT2D eigenvalue weighted by molar-refractivity contribution is 6.34. The van der Waals surface area contributed by atoms with Gasteiger partial charge in [-0.2, -0.15) is 0 Å². The number of benzene rings is 2. The molecular weight excluding hydrogens is 288 g/mol. The average molecular weight is 299 g/mol. The van der Waals surface area contributed by atoms with E-state index >= 15 is 0 Å². The van der Waals surface area contributed by atoms with Crippen LogP contribution in [0.15, 0.2) is 48.5 Å². The molecule has 1 aliphatic heterocycles. The van der Waals surface area contributed by atoms with Crippen molar-refractivity contribution in [3.63, 3.8) is 0 Å². The fourth-order valence-electron chi connectivity index (χ4n) is 2.88. The van der Waals surface area contributed by atoms with Gasteiger partial charge in [-0.25, -0.2) is 13.7 Å². The smallest absolute Gasteiger partial charge is 0.266 e. The van der Waals surface area contributed by atoms with Crippen molar-refractivity contribution in [3.05, 3.63) is 65.2 Å². The fourth-order valence-corrected chi connectivity index (χ4v) is 2.88. The van der Waals surface area contributed by atoms with Crippen molar-refractivity contribution in [2.75, 3.05) is 4.90 Å². The van der Waals surface area contributed by atoms with E-state index < -0.39 is 23.7 Å². The van der Waals surface area contributed by atoms with E-state index in [1.807, 2.05) is 0 Å². The number of nitrogens with zero attached hydrogens (tertiary/aromatic N) is 1. The van der Waals surface area contributed by atoms with Crippen LogP contribution in [0.5, 0.6) is 0 Å². The van der Waals surface area contributed by atoms with Crippen molar-refractivity contribution >= 4 is 17.5 Å². The number of anilines is 1. The number of hydrogen-bond donors (Lipinski definition) is 0. The second-order valence-electron chi connectivity index (χ2n) is 5.60. The highest BCUT2D eigenvalue weighted by Crippen LogP contribution is 2.56. The molecule has 2 amide bonds. The van der Waals surface area contributed by atoms with Crippen molar-refractivity contribution in [1.29, 1.82) is 0 Å². The Morgan fingerprint density at radius 1 is 0.955 bits per heavy atom. The number of rotatable bonds is 2. The predicted octanol–water partition coefficient (Wildman–Crippen LogP) is 3.61. The van der Waals surface area contributed by atoms with Gasteiger partial charge in [-0.05, 0) is 29.8 Å². The number of carbonyl (C=O) groups is 2. The lowest BCUT2D eigenvalue weighted by Gasteiger charge is -2.15. The SMILES string of the molecule is O=C1c2ccccc2C(=O)N1c1cccc(C2CC2(F)F)c1.